The van der Waals surface area contributed by atoms with Gasteiger partial charge in [-0.2, -0.15) is 5.26 Å². The van der Waals surface area contributed by atoms with Gasteiger partial charge in [-0.25, -0.2) is 8.78 Å². The normalized spacial score (nSPS) is 21.1. The van der Waals surface area contributed by atoms with Gasteiger partial charge in [0.2, 0.25) is 11.8 Å². The molecule has 1 saturated heterocycles. The summed E-state index contributed by atoms with van der Waals surface area (Å²) in [5, 5.41) is 14.9. The highest BCUT2D eigenvalue weighted by Crippen LogP contribution is 2.40. The minimum atomic E-state index is -2.85. The number of nitrogens with one attached hydrogen (secondary N) is 2. The van der Waals surface area contributed by atoms with Crippen molar-refractivity contribution in [2.24, 2.45) is 0 Å². The lowest BCUT2D eigenvalue weighted by molar-refractivity contribution is -0.133. The van der Waals surface area contributed by atoms with Crippen LogP contribution in [0.4, 0.5) is 14.5 Å². The number of amides is 3. The van der Waals surface area contributed by atoms with E-state index in [1.54, 1.807) is 42.5 Å². The average molecular weight is 709 g/mol. The largest absolute Gasteiger partial charge is 0.405 e. The summed E-state index contributed by atoms with van der Waals surface area (Å²) in [6, 6.07) is 12.3. The van der Waals surface area contributed by atoms with E-state index >= 15 is 0 Å². The lowest BCUT2D eigenvalue weighted by Crippen LogP contribution is -2.55. The molecule has 224 valence electrons. The summed E-state index contributed by atoms with van der Waals surface area (Å²) in [7, 11) is -2.36. The van der Waals surface area contributed by atoms with Crippen molar-refractivity contribution in [1.29, 1.82) is 5.26 Å². The molecule has 2 N–H and O–H groups in total. The molecule has 0 spiro atoms. The summed E-state index contributed by atoms with van der Waals surface area (Å²) in [6.45, 7) is 10.2. The van der Waals surface area contributed by atoms with Crippen LogP contribution in [0.5, 0.6) is 0 Å². The molecule has 3 atom stereocenters. The predicted molar refractivity (Wildman–Crippen MR) is 165 cm³/mol. The second-order valence-corrected chi connectivity index (χ2v) is 18.3. The number of hydrogen-bond donors (Lipinski definition) is 2. The number of alkyl halides is 2. The Morgan fingerprint density at radius 2 is 1.86 bits per heavy atom. The molecule has 12 heteroatoms. The van der Waals surface area contributed by atoms with Crippen LogP contribution >= 0.6 is 22.6 Å². The molecule has 0 bridgehead atoms. The van der Waals surface area contributed by atoms with Gasteiger partial charge in [0.1, 0.15) is 18.2 Å². The number of rotatable bonds is 8. The van der Waals surface area contributed by atoms with E-state index in [1.807, 2.05) is 13.1 Å². The Balaban J connectivity index is 1.74. The van der Waals surface area contributed by atoms with Gasteiger partial charge in [-0.3, -0.25) is 19.3 Å². The lowest BCUT2D eigenvalue weighted by atomic mass is 9.87. The standard InChI is InChI=1S/C30H35F2IN4O4Si/c1-29(2,3)42(4,5)41-24-14-23(36-26(24)38)28(40)37(20-10-8-9-18(13-20)17-34)25(21-11-6-7-12-22(21)33)27(39)35-19-15-30(31,32)16-19/h6-13,19,23-25H,14-16H2,1-5H3,(H,35,39)(H,36,38)/t23-,24+,25?/m0/s1. The third-order valence-electron chi connectivity index (χ3n) is 8.23. The van der Waals surface area contributed by atoms with Gasteiger partial charge in [0.25, 0.3) is 11.8 Å². The molecule has 2 aromatic rings. The van der Waals surface area contributed by atoms with E-state index in [2.05, 4.69) is 60.1 Å². The van der Waals surface area contributed by atoms with Crippen molar-refractivity contribution in [3.63, 3.8) is 0 Å². The Morgan fingerprint density at radius 3 is 2.45 bits per heavy atom. The van der Waals surface area contributed by atoms with Crippen molar-refractivity contribution in [2.45, 2.75) is 88.3 Å². The zero-order chi connectivity index (χ0) is 31.0. The molecule has 1 unspecified atom stereocenters. The van der Waals surface area contributed by atoms with E-state index in [1.165, 1.54) is 11.0 Å². The second-order valence-electron chi connectivity index (χ2n) is 12.4. The number of halogens is 3. The van der Waals surface area contributed by atoms with E-state index in [4.69, 9.17) is 4.43 Å². The summed E-state index contributed by atoms with van der Waals surface area (Å²) in [5.74, 6) is -4.46. The van der Waals surface area contributed by atoms with Crippen LogP contribution < -0.4 is 15.5 Å². The Kier molecular flexibility index (Phi) is 9.16. The monoisotopic (exact) mass is 708 g/mol. The number of nitriles is 1. The average Bonchev–Trinajstić information content (AvgIpc) is 3.25. The molecular weight excluding hydrogens is 673 g/mol. The van der Waals surface area contributed by atoms with Gasteiger partial charge in [-0.05, 0) is 70.6 Å². The highest BCUT2D eigenvalue weighted by atomic mass is 127. The van der Waals surface area contributed by atoms with Crippen LogP contribution in [0.1, 0.15) is 57.2 Å². The first-order valence-corrected chi connectivity index (χ1v) is 17.8. The fourth-order valence-corrected chi connectivity index (χ4v) is 6.83. The summed E-state index contributed by atoms with van der Waals surface area (Å²) >= 11 is 2.06. The topological polar surface area (TPSA) is 112 Å². The second kappa shape index (κ2) is 12.0. The van der Waals surface area contributed by atoms with Crippen molar-refractivity contribution >= 4 is 54.3 Å². The van der Waals surface area contributed by atoms with E-state index in [0.717, 1.165) is 0 Å². The van der Waals surface area contributed by atoms with Gasteiger partial charge in [0, 0.05) is 34.6 Å². The first-order valence-electron chi connectivity index (χ1n) is 13.8. The molecule has 0 radical (unpaired) electrons. The molecule has 8 nitrogen and oxygen atoms in total. The van der Waals surface area contributed by atoms with E-state index in [0.29, 0.717) is 9.13 Å². The molecule has 3 amide bonds. The third kappa shape index (κ3) is 6.84. The molecule has 2 fully saturated rings. The number of anilines is 1. The fraction of sp³-hybridized carbons (Fsp3) is 0.467. The smallest absolute Gasteiger partial charge is 0.252 e. The highest BCUT2D eigenvalue weighted by molar-refractivity contribution is 14.1. The fourth-order valence-electron chi connectivity index (χ4n) is 4.88. The van der Waals surface area contributed by atoms with Crippen molar-refractivity contribution in [2.75, 3.05) is 4.90 Å². The minimum absolute atomic E-state index is 0.0632. The van der Waals surface area contributed by atoms with Crippen LogP contribution in [0.25, 0.3) is 0 Å². The maximum atomic E-state index is 14.4. The summed E-state index contributed by atoms with van der Waals surface area (Å²) in [6.07, 6.45) is -1.75. The number of carbonyl (C=O) groups is 3. The molecule has 0 aromatic heterocycles. The lowest BCUT2D eigenvalue weighted by Gasteiger charge is -2.39. The van der Waals surface area contributed by atoms with Gasteiger partial charge in [-0.1, -0.05) is 45.0 Å². The summed E-state index contributed by atoms with van der Waals surface area (Å²) in [4.78, 5) is 42.6. The number of benzene rings is 2. The van der Waals surface area contributed by atoms with E-state index in [9.17, 15) is 28.4 Å². The Bertz CT molecular complexity index is 1420. The maximum absolute atomic E-state index is 14.4. The quantitative estimate of drug-likeness (QED) is 0.281. The van der Waals surface area contributed by atoms with E-state index < -0.39 is 69.0 Å². The van der Waals surface area contributed by atoms with Gasteiger partial charge in [0.15, 0.2) is 8.32 Å². The van der Waals surface area contributed by atoms with Gasteiger partial charge < -0.3 is 15.1 Å². The van der Waals surface area contributed by atoms with Crippen LogP contribution in [-0.2, 0) is 18.8 Å². The van der Waals surface area contributed by atoms with Gasteiger partial charge in [-0.15, -0.1) is 0 Å². The molecule has 1 saturated carbocycles. The number of carbonyl (C=O) groups excluding carboxylic acids is 3. The van der Waals surface area contributed by atoms with Crippen LogP contribution in [0.2, 0.25) is 18.1 Å². The molecule has 1 heterocycles. The Hall–Kier alpha value is -2.89. The molecule has 1 aliphatic heterocycles. The van der Waals surface area contributed by atoms with E-state index in [-0.39, 0.29) is 22.7 Å². The SMILES string of the molecule is CC(C)(C)[Si](C)(C)O[C@@H]1C[C@@H](C(=O)N(c2cccc(C#N)c2)C(C(=O)NC2CC(F)(F)C2)c2ccccc2I)NC1=O. The zero-order valence-corrected chi connectivity index (χ0v) is 27.4. The summed E-state index contributed by atoms with van der Waals surface area (Å²) < 4.78 is 34.3. The molecular formula is C30H35F2IN4O4Si. The Morgan fingerprint density at radius 1 is 1.19 bits per heavy atom. The van der Waals surface area contributed by atoms with Crippen LogP contribution in [-0.4, -0.2) is 50.1 Å². The van der Waals surface area contributed by atoms with Crippen molar-refractivity contribution in [3.05, 3.63) is 63.2 Å². The molecule has 4 rings (SSSR count). The number of nitrogens with zero attached hydrogens (tertiary/aromatic N) is 2. The van der Waals surface area contributed by atoms with Crippen LogP contribution in [0.3, 0.4) is 0 Å². The van der Waals surface area contributed by atoms with Crippen LogP contribution in [0, 0.1) is 14.9 Å². The molecule has 2 aliphatic rings. The van der Waals surface area contributed by atoms with Gasteiger partial charge >= 0.3 is 0 Å². The first kappa shape index (κ1) is 32.0. The van der Waals surface area contributed by atoms with Crippen molar-refractivity contribution < 1.29 is 27.6 Å². The summed E-state index contributed by atoms with van der Waals surface area (Å²) in [5.41, 5.74) is 1.01. The zero-order valence-electron chi connectivity index (χ0n) is 24.2. The minimum Gasteiger partial charge on any atom is -0.405 e. The first-order chi connectivity index (χ1) is 19.5. The Labute approximate surface area is 259 Å². The predicted octanol–water partition coefficient (Wildman–Crippen LogP) is 5.43. The highest BCUT2D eigenvalue weighted by Gasteiger charge is 2.49. The third-order valence-corrected chi connectivity index (χ3v) is 13.7. The number of hydrogen-bond acceptors (Lipinski definition) is 5. The maximum Gasteiger partial charge on any atom is 0.252 e. The molecule has 2 aromatic carbocycles. The van der Waals surface area contributed by atoms with Crippen molar-refractivity contribution in [3.8, 4) is 6.07 Å². The molecule has 1 aliphatic carbocycles. The van der Waals surface area contributed by atoms with Crippen LogP contribution in [0.15, 0.2) is 48.5 Å². The molecule has 42 heavy (non-hydrogen) atoms. The van der Waals surface area contributed by atoms with Crippen molar-refractivity contribution in [1.82, 2.24) is 10.6 Å². The van der Waals surface area contributed by atoms with Gasteiger partial charge in [0.05, 0.1) is 11.6 Å².